The van der Waals surface area contributed by atoms with Crippen molar-refractivity contribution in [3.63, 3.8) is 0 Å². The lowest BCUT2D eigenvalue weighted by Gasteiger charge is -2.05. The summed E-state index contributed by atoms with van der Waals surface area (Å²) in [6.45, 7) is 0. The van der Waals surface area contributed by atoms with Gasteiger partial charge in [-0.2, -0.15) is 0 Å². The molecule has 4 heterocycles. The fourth-order valence-electron chi connectivity index (χ4n) is 2.61. The van der Waals surface area contributed by atoms with Crippen LogP contribution in [0, 0.1) is 0 Å². The zero-order chi connectivity index (χ0) is 16.3. The van der Waals surface area contributed by atoms with E-state index in [2.05, 4.69) is 75.3 Å². The summed E-state index contributed by atoms with van der Waals surface area (Å²) in [5, 5.41) is 8.86. The van der Waals surface area contributed by atoms with Gasteiger partial charge in [-0.1, -0.05) is 8.98 Å². The second-order valence-electron chi connectivity index (χ2n) is 4.86. The Bertz CT molecular complexity index is 1060. The number of nitrogens with zero attached hydrogens (tertiary/aromatic N) is 4. The number of benzene rings is 1. The fraction of sp³-hybridized carbons (Fsp3) is 0. The lowest BCUT2D eigenvalue weighted by Crippen LogP contribution is -1.84. The zero-order valence-electron chi connectivity index (χ0n) is 11.5. The molecule has 0 aliphatic carbocycles. The maximum Gasteiger partial charge on any atom is 0.116 e. The number of halogens is 2. The summed E-state index contributed by atoms with van der Waals surface area (Å²) in [6.07, 6.45) is 0. The molecule has 5 aromatic rings. The summed E-state index contributed by atoms with van der Waals surface area (Å²) >= 11 is 13.3. The maximum absolute atomic E-state index is 4.43. The van der Waals surface area contributed by atoms with Crippen LogP contribution in [0.25, 0.3) is 41.3 Å². The molecule has 0 spiro atoms. The third kappa shape index (κ3) is 2.31. The van der Waals surface area contributed by atoms with Crippen LogP contribution in [0.15, 0.2) is 31.8 Å². The standard InChI is InChI=1S/C14H4Br2N4S4/c15-7-3-1-5(21-7)9-11-14(24-19-17-11)10(6-2-4-8(16)22-6)12-13(9)23-20-18-12/h1-4H. The second kappa shape index (κ2) is 5.89. The molecule has 0 fully saturated rings. The molecule has 0 radical (unpaired) electrons. The van der Waals surface area contributed by atoms with E-state index in [1.165, 1.54) is 23.1 Å². The summed E-state index contributed by atoms with van der Waals surface area (Å²) in [7, 11) is 0. The Morgan fingerprint density at radius 1 is 0.667 bits per heavy atom. The van der Waals surface area contributed by atoms with Crippen molar-refractivity contribution in [3.05, 3.63) is 31.8 Å². The second-order valence-corrected chi connectivity index (χ2v) is 11.3. The third-order valence-electron chi connectivity index (χ3n) is 3.54. The van der Waals surface area contributed by atoms with Gasteiger partial charge >= 0.3 is 0 Å². The molecule has 0 unspecified atom stereocenters. The first-order valence-electron chi connectivity index (χ1n) is 6.64. The smallest absolute Gasteiger partial charge is 0.116 e. The van der Waals surface area contributed by atoms with Crippen molar-refractivity contribution in [2.75, 3.05) is 0 Å². The molecule has 0 N–H and O–H groups in total. The normalized spacial score (nSPS) is 11.8. The van der Waals surface area contributed by atoms with E-state index < -0.39 is 0 Å². The van der Waals surface area contributed by atoms with Crippen molar-refractivity contribution < 1.29 is 0 Å². The highest BCUT2D eigenvalue weighted by Gasteiger charge is 2.23. The Morgan fingerprint density at radius 2 is 1.12 bits per heavy atom. The zero-order valence-corrected chi connectivity index (χ0v) is 17.9. The minimum atomic E-state index is 0.924. The molecule has 118 valence electrons. The van der Waals surface area contributed by atoms with Crippen LogP contribution >= 0.6 is 77.6 Å². The molecule has 0 aliphatic rings. The van der Waals surface area contributed by atoms with Gasteiger partial charge in [-0.3, -0.25) is 0 Å². The average Bonchev–Trinajstić information content (AvgIpc) is 3.31. The number of hydrogen-bond acceptors (Lipinski definition) is 8. The number of aromatic nitrogens is 4. The fourth-order valence-corrected chi connectivity index (χ4v) is 7.07. The first-order valence-corrected chi connectivity index (χ1v) is 11.4. The van der Waals surface area contributed by atoms with Crippen LogP contribution in [0.1, 0.15) is 0 Å². The summed E-state index contributed by atoms with van der Waals surface area (Å²) in [6, 6.07) is 8.30. The Morgan fingerprint density at radius 3 is 1.50 bits per heavy atom. The van der Waals surface area contributed by atoms with Crippen molar-refractivity contribution in [3.8, 4) is 20.9 Å². The Kier molecular flexibility index (Phi) is 3.80. The summed E-state index contributed by atoms with van der Waals surface area (Å²) < 4.78 is 12.7. The van der Waals surface area contributed by atoms with Gasteiger partial charge in [0.25, 0.3) is 0 Å². The molecule has 0 amide bonds. The summed E-state index contributed by atoms with van der Waals surface area (Å²) in [5.41, 5.74) is 4.01. The minimum absolute atomic E-state index is 0.924. The van der Waals surface area contributed by atoms with Crippen LogP contribution in [0.5, 0.6) is 0 Å². The minimum Gasteiger partial charge on any atom is -0.137 e. The van der Waals surface area contributed by atoms with Crippen molar-refractivity contribution in [2.45, 2.75) is 0 Å². The molecule has 0 atom stereocenters. The van der Waals surface area contributed by atoms with E-state index in [0.717, 1.165) is 48.9 Å². The highest BCUT2D eigenvalue weighted by Crippen LogP contribution is 2.48. The van der Waals surface area contributed by atoms with Gasteiger partial charge in [0.2, 0.25) is 0 Å². The number of hydrogen-bond donors (Lipinski definition) is 0. The lowest BCUT2D eigenvalue weighted by molar-refractivity contribution is 1.20. The van der Waals surface area contributed by atoms with Crippen LogP contribution in [-0.2, 0) is 0 Å². The monoisotopic (exact) mass is 514 g/mol. The molecule has 1 aromatic carbocycles. The SMILES string of the molecule is Brc1ccc(-c2c3nnsc3c(-c3ccc(Br)s3)c3nnsc23)s1. The van der Waals surface area contributed by atoms with Crippen molar-refractivity contribution in [1.29, 1.82) is 0 Å². The van der Waals surface area contributed by atoms with E-state index in [-0.39, 0.29) is 0 Å². The molecule has 0 bridgehead atoms. The van der Waals surface area contributed by atoms with Crippen LogP contribution in [0.4, 0.5) is 0 Å². The van der Waals surface area contributed by atoms with Gasteiger partial charge in [-0.05, 0) is 79.2 Å². The highest BCUT2D eigenvalue weighted by molar-refractivity contribution is 9.11. The average molecular weight is 516 g/mol. The van der Waals surface area contributed by atoms with Crippen LogP contribution in [0.3, 0.4) is 0 Å². The molecule has 4 nitrogen and oxygen atoms in total. The van der Waals surface area contributed by atoms with Crippen molar-refractivity contribution in [1.82, 2.24) is 19.2 Å². The molecular formula is C14H4Br2N4S4. The Labute approximate surface area is 168 Å². The van der Waals surface area contributed by atoms with E-state index >= 15 is 0 Å². The lowest BCUT2D eigenvalue weighted by atomic mass is 10.1. The van der Waals surface area contributed by atoms with Gasteiger partial charge in [0.1, 0.15) is 11.0 Å². The predicted octanol–water partition coefficient (Wildman–Crippen LogP) is 6.68. The van der Waals surface area contributed by atoms with Gasteiger partial charge in [0.05, 0.1) is 17.0 Å². The first-order chi connectivity index (χ1) is 11.7. The van der Waals surface area contributed by atoms with Gasteiger partial charge < -0.3 is 0 Å². The predicted molar refractivity (Wildman–Crippen MR) is 110 cm³/mol. The van der Waals surface area contributed by atoms with E-state index in [0.29, 0.717) is 0 Å². The Balaban J connectivity index is 1.96. The van der Waals surface area contributed by atoms with Crippen molar-refractivity contribution >= 4 is 98.0 Å². The topological polar surface area (TPSA) is 51.6 Å². The number of thiophene rings is 2. The first kappa shape index (κ1) is 15.5. The molecule has 5 rings (SSSR count). The van der Waals surface area contributed by atoms with Crippen molar-refractivity contribution in [2.24, 2.45) is 0 Å². The van der Waals surface area contributed by atoms with E-state index in [1.54, 1.807) is 22.7 Å². The summed E-state index contributed by atoms with van der Waals surface area (Å²) in [5.74, 6) is 0. The van der Waals surface area contributed by atoms with Gasteiger partial charge in [-0.15, -0.1) is 32.9 Å². The molecule has 0 saturated heterocycles. The maximum atomic E-state index is 4.43. The molecule has 24 heavy (non-hydrogen) atoms. The summed E-state index contributed by atoms with van der Waals surface area (Å²) in [4.78, 5) is 2.30. The molecule has 0 aliphatic heterocycles. The van der Waals surface area contributed by atoms with Gasteiger partial charge in [0.15, 0.2) is 0 Å². The molecule has 0 saturated carbocycles. The van der Waals surface area contributed by atoms with Gasteiger partial charge in [-0.25, -0.2) is 0 Å². The molecule has 10 heteroatoms. The Hall–Kier alpha value is -0.780. The van der Waals surface area contributed by atoms with E-state index in [9.17, 15) is 0 Å². The highest BCUT2D eigenvalue weighted by atomic mass is 79.9. The molecular weight excluding hydrogens is 512 g/mol. The third-order valence-corrected chi connectivity index (χ3v) is 8.31. The van der Waals surface area contributed by atoms with Gasteiger partial charge in [0, 0.05) is 20.9 Å². The molecule has 4 aromatic heterocycles. The van der Waals surface area contributed by atoms with E-state index in [1.807, 2.05) is 0 Å². The van der Waals surface area contributed by atoms with E-state index in [4.69, 9.17) is 0 Å². The number of rotatable bonds is 2. The van der Waals surface area contributed by atoms with Crippen LogP contribution in [0.2, 0.25) is 0 Å². The number of fused-ring (bicyclic) bond motifs is 2. The van der Waals surface area contributed by atoms with Crippen LogP contribution in [-0.4, -0.2) is 19.2 Å². The van der Waals surface area contributed by atoms with Crippen LogP contribution < -0.4 is 0 Å². The quantitative estimate of drug-likeness (QED) is 0.263. The largest absolute Gasteiger partial charge is 0.137 e.